The van der Waals surface area contributed by atoms with Crippen molar-refractivity contribution >= 4 is 16.0 Å². The van der Waals surface area contributed by atoms with Gasteiger partial charge in [-0.2, -0.15) is 0 Å². The van der Waals surface area contributed by atoms with Crippen molar-refractivity contribution < 1.29 is 17.9 Å². The van der Waals surface area contributed by atoms with Gasteiger partial charge in [0.1, 0.15) is 0 Å². The zero-order valence-electron chi connectivity index (χ0n) is 16.0. The first kappa shape index (κ1) is 19.0. The highest BCUT2D eigenvalue weighted by molar-refractivity contribution is 7.89. The summed E-state index contributed by atoms with van der Waals surface area (Å²) in [5, 5.41) is 0. The fourth-order valence-electron chi connectivity index (χ4n) is 4.52. The highest BCUT2D eigenvalue weighted by atomic mass is 32.2. The zero-order valence-corrected chi connectivity index (χ0v) is 16.8. The first-order valence-electron chi connectivity index (χ1n) is 9.87. The zero-order chi connectivity index (χ0) is 19.7. The monoisotopic (exact) mass is 399 g/mol. The molecule has 0 aromatic heterocycles. The van der Waals surface area contributed by atoms with Gasteiger partial charge in [0.25, 0.3) is 10.0 Å². The number of rotatable bonds is 4. The molecule has 0 radical (unpaired) electrons. The maximum atomic E-state index is 13.3. The minimum atomic E-state index is -3.70. The van der Waals surface area contributed by atoms with Crippen LogP contribution in [-0.2, 0) is 19.6 Å². The number of hydrogen-bond donors (Lipinski definition) is 0. The Morgan fingerprint density at radius 2 is 1.86 bits per heavy atom. The third-order valence-electron chi connectivity index (χ3n) is 5.81. The maximum absolute atomic E-state index is 13.3. The van der Waals surface area contributed by atoms with E-state index < -0.39 is 22.0 Å². The average Bonchev–Trinajstić information content (AvgIpc) is 3.37. The van der Waals surface area contributed by atoms with Gasteiger partial charge in [-0.25, -0.2) is 8.42 Å². The van der Waals surface area contributed by atoms with E-state index in [2.05, 4.69) is 0 Å². The Kier molecular flexibility index (Phi) is 5.15. The van der Waals surface area contributed by atoms with Gasteiger partial charge in [0.2, 0.25) is 0 Å². The van der Waals surface area contributed by atoms with E-state index in [4.69, 9.17) is 4.74 Å². The summed E-state index contributed by atoms with van der Waals surface area (Å²) in [5.74, 6) is -0.980. The van der Waals surface area contributed by atoms with Gasteiger partial charge in [-0.15, -0.1) is 0 Å². The molecule has 1 heterocycles. The van der Waals surface area contributed by atoms with E-state index in [0.717, 1.165) is 31.3 Å². The van der Waals surface area contributed by atoms with E-state index in [-0.39, 0.29) is 16.8 Å². The predicted molar refractivity (Wildman–Crippen MR) is 107 cm³/mol. The van der Waals surface area contributed by atoms with Gasteiger partial charge in [-0.05, 0) is 50.3 Å². The number of allylic oxidation sites excluding steroid dienone is 2. The first-order valence-corrected chi connectivity index (χ1v) is 11.3. The van der Waals surface area contributed by atoms with Crippen molar-refractivity contribution in [3.05, 3.63) is 65.9 Å². The van der Waals surface area contributed by atoms with Gasteiger partial charge >= 0.3 is 5.97 Å². The number of fused-ring (bicyclic) bond motifs is 1. The summed E-state index contributed by atoms with van der Waals surface area (Å²) in [4.78, 5) is 12.9. The largest absolute Gasteiger partial charge is 0.466 e. The molecule has 1 saturated carbocycles. The Morgan fingerprint density at radius 1 is 1.14 bits per heavy atom. The molecule has 0 amide bonds. The van der Waals surface area contributed by atoms with Crippen molar-refractivity contribution in [2.24, 2.45) is 11.8 Å². The second kappa shape index (κ2) is 7.59. The summed E-state index contributed by atoms with van der Waals surface area (Å²) in [5.41, 5.74) is 2.48. The van der Waals surface area contributed by atoms with Crippen LogP contribution in [0.5, 0.6) is 0 Å². The summed E-state index contributed by atoms with van der Waals surface area (Å²) >= 11 is 0. The number of carbonyl (C=O) groups is 1. The molecule has 2 aliphatic carbocycles. The number of esters is 1. The number of carbonyl (C=O) groups excluding carboxylic acids is 1. The molecule has 28 heavy (non-hydrogen) atoms. The average molecular weight is 400 g/mol. The molecule has 4 rings (SSSR count). The van der Waals surface area contributed by atoms with Gasteiger partial charge in [-0.3, -0.25) is 9.10 Å². The van der Waals surface area contributed by atoms with Crippen molar-refractivity contribution in [3.8, 4) is 0 Å². The molecular formula is C22H25NO4S. The third kappa shape index (κ3) is 3.20. The molecule has 0 bridgehead atoms. The molecule has 1 fully saturated rings. The minimum absolute atomic E-state index is 0.226. The van der Waals surface area contributed by atoms with Crippen molar-refractivity contribution in [1.29, 1.82) is 0 Å². The summed E-state index contributed by atoms with van der Waals surface area (Å²) in [6.07, 6.45) is 11.5. The Morgan fingerprint density at radius 3 is 2.54 bits per heavy atom. The van der Waals surface area contributed by atoms with Crippen LogP contribution in [0.1, 0.15) is 32.6 Å². The molecule has 5 nitrogen and oxygen atoms in total. The SMILES string of the molecule is CCOC(=O)[C@@H]1C=CN(S(=O)(=O)c2ccccc2)[C@@H]2C=CC(=C3CCCC3)[C@@H]21. The number of sulfonamides is 1. The Hall–Kier alpha value is -2.34. The lowest BCUT2D eigenvalue weighted by atomic mass is 9.80. The fraction of sp³-hybridized carbons (Fsp3) is 0.409. The summed E-state index contributed by atoms with van der Waals surface area (Å²) in [7, 11) is -3.70. The lowest BCUT2D eigenvalue weighted by molar-refractivity contribution is -0.148. The van der Waals surface area contributed by atoms with Crippen molar-refractivity contribution in [2.45, 2.75) is 43.5 Å². The molecule has 0 saturated heterocycles. The summed E-state index contributed by atoms with van der Waals surface area (Å²) < 4.78 is 33.2. The normalized spacial score (nSPS) is 26.6. The molecule has 148 valence electrons. The Balaban J connectivity index is 1.77. The molecule has 3 atom stereocenters. The molecule has 1 aromatic rings. The minimum Gasteiger partial charge on any atom is -0.466 e. The molecule has 0 N–H and O–H groups in total. The number of nitrogens with zero attached hydrogens (tertiary/aromatic N) is 1. The van der Waals surface area contributed by atoms with Crippen LogP contribution in [0.2, 0.25) is 0 Å². The number of benzene rings is 1. The molecule has 0 unspecified atom stereocenters. The molecule has 1 aliphatic heterocycles. The van der Waals surface area contributed by atoms with E-state index in [1.165, 1.54) is 16.1 Å². The van der Waals surface area contributed by atoms with Crippen LogP contribution in [0.25, 0.3) is 0 Å². The third-order valence-corrected chi connectivity index (χ3v) is 7.60. The van der Waals surface area contributed by atoms with Crippen LogP contribution in [0, 0.1) is 11.8 Å². The van der Waals surface area contributed by atoms with Crippen LogP contribution in [0.3, 0.4) is 0 Å². The van der Waals surface area contributed by atoms with E-state index in [1.54, 1.807) is 43.3 Å². The van der Waals surface area contributed by atoms with E-state index in [1.807, 2.05) is 12.2 Å². The maximum Gasteiger partial charge on any atom is 0.313 e. The van der Waals surface area contributed by atoms with E-state index in [0.29, 0.717) is 6.61 Å². The van der Waals surface area contributed by atoms with Crippen molar-refractivity contribution in [1.82, 2.24) is 4.31 Å². The standard InChI is InChI=1S/C22H25NO4S/c1-2-27-22(24)19-14-15-23(28(25,26)17-10-4-3-5-11-17)20-13-12-18(21(19)20)16-8-6-7-9-16/h3-5,10-15,19-21H,2,6-9H2,1H3/t19-,20-,21-/m1/s1. The summed E-state index contributed by atoms with van der Waals surface area (Å²) in [6, 6.07) is 8.02. The second-order valence-corrected chi connectivity index (χ2v) is 9.25. The molecule has 0 spiro atoms. The molecule has 6 heteroatoms. The highest BCUT2D eigenvalue weighted by Gasteiger charge is 2.46. The van der Waals surface area contributed by atoms with Crippen LogP contribution in [0.4, 0.5) is 0 Å². The Labute approximate surface area is 166 Å². The van der Waals surface area contributed by atoms with Crippen LogP contribution in [0.15, 0.2) is 70.8 Å². The topological polar surface area (TPSA) is 63.7 Å². The fourth-order valence-corrected chi connectivity index (χ4v) is 6.02. The van der Waals surface area contributed by atoms with Gasteiger partial charge in [-0.1, -0.05) is 42.0 Å². The predicted octanol–water partition coefficient (Wildman–Crippen LogP) is 3.81. The first-order chi connectivity index (χ1) is 13.5. The van der Waals surface area contributed by atoms with E-state index in [9.17, 15) is 13.2 Å². The van der Waals surface area contributed by atoms with Gasteiger partial charge in [0, 0.05) is 12.1 Å². The van der Waals surface area contributed by atoms with Gasteiger partial charge in [0.15, 0.2) is 0 Å². The van der Waals surface area contributed by atoms with Gasteiger partial charge in [0.05, 0.1) is 23.5 Å². The summed E-state index contributed by atoms with van der Waals surface area (Å²) in [6.45, 7) is 2.10. The lowest BCUT2D eigenvalue weighted by Crippen LogP contribution is -2.46. The van der Waals surface area contributed by atoms with Crippen LogP contribution in [-0.4, -0.2) is 31.3 Å². The number of ether oxygens (including phenoxy) is 1. The highest BCUT2D eigenvalue weighted by Crippen LogP contribution is 2.45. The van der Waals surface area contributed by atoms with Crippen molar-refractivity contribution in [3.63, 3.8) is 0 Å². The van der Waals surface area contributed by atoms with Crippen molar-refractivity contribution in [2.75, 3.05) is 6.61 Å². The van der Waals surface area contributed by atoms with Crippen LogP contribution < -0.4 is 0 Å². The molecular weight excluding hydrogens is 374 g/mol. The second-order valence-electron chi connectivity index (χ2n) is 7.41. The Bertz CT molecular complexity index is 938. The molecule has 1 aromatic carbocycles. The van der Waals surface area contributed by atoms with Gasteiger partial charge < -0.3 is 4.74 Å². The quantitative estimate of drug-likeness (QED) is 0.722. The smallest absolute Gasteiger partial charge is 0.313 e. The van der Waals surface area contributed by atoms with Crippen LogP contribution >= 0.6 is 0 Å². The number of hydrogen-bond acceptors (Lipinski definition) is 4. The molecule has 3 aliphatic rings. The lowest BCUT2D eigenvalue weighted by Gasteiger charge is -2.38. The van der Waals surface area contributed by atoms with E-state index >= 15 is 0 Å².